The van der Waals surface area contributed by atoms with Gasteiger partial charge in [0.25, 0.3) is 0 Å². The standard InChI is InChI=1S/C33H26F7NO4/c1-19-13-21(30(43)44)9-11-24(19)25-15-22(10-12-27(25)34)31(16-20-5-4-6-23(14-20)45-33(38,39)40)18-41(17-29(42)32(35,36)37)28-8-3-2-7-26(28)31/h2-15,29,42H,16-18H2,1H3,(H,43,44)/t29-,31?/m1/s1. The summed E-state index contributed by atoms with van der Waals surface area (Å²) in [5.41, 5.74) is 1.40. The zero-order chi connectivity index (χ0) is 32.7. The van der Waals surface area contributed by atoms with Crippen LogP contribution in [0, 0.1) is 12.7 Å². The van der Waals surface area contributed by atoms with E-state index >= 15 is 4.39 Å². The van der Waals surface area contributed by atoms with Crippen LogP contribution in [0.25, 0.3) is 11.1 Å². The van der Waals surface area contributed by atoms with Crippen LogP contribution in [-0.4, -0.2) is 47.9 Å². The number of aromatic carboxylic acids is 1. The summed E-state index contributed by atoms with van der Waals surface area (Å²) in [5, 5.41) is 19.3. The van der Waals surface area contributed by atoms with Crippen molar-refractivity contribution in [3.8, 4) is 16.9 Å². The molecule has 1 aliphatic rings. The molecule has 12 heteroatoms. The third kappa shape index (κ3) is 6.60. The van der Waals surface area contributed by atoms with Gasteiger partial charge in [0.2, 0.25) is 0 Å². The number of anilines is 1. The van der Waals surface area contributed by atoms with E-state index in [4.69, 9.17) is 0 Å². The summed E-state index contributed by atoms with van der Waals surface area (Å²) in [4.78, 5) is 12.8. The molecule has 1 heterocycles. The fourth-order valence-electron chi connectivity index (χ4n) is 5.95. The second-order valence-corrected chi connectivity index (χ2v) is 10.9. The summed E-state index contributed by atoms with van der Waals surface area (Å²) in [7, 11) is 0. The van der Waals surface area contributed by atoms with Crippen LogP contribution >= 0.6 is 0 Å². The van der Waals surface area contributed by atoms with Crippen molar-refractivity contribution in [3.05, 3.63) is 119 Å². The Morgan fingerprint density at radius 3 is 2.33 bits per heavy atom. The van der Waals surface area contributed by atoms with E-state index in [1.165, 1.54) is 53.4 Å². The lowest BCUT2D eigenvalue weighted by Gasteiger charge is -2.33. The van der Waals surface area contributed by atoms with Gasteiger partial charge in [-0.2, -0.15) is 13.2 Å². The van der Waals surface area contributed by atoms with Crippen molar-refractivity contribution in [3.63, 3.8) is 0 Å². The summed E-state index contributed by atoms with van der Waals surface area (Å²) in [5.74, 6) is -2.30. The molecule has 2 N–H and O–H groups in total. The molecule has 0 aliphatic carbocycles. The second-order valence-electron chi connectivity index (χ2n) is 10.9. The first-order valence-corrected chi connectivity index (χ1v) is 13.7. The van der Waals surface area contributed by atoms with E-state index in [9.17, 15) is 41.4 Å². The molecule has 5 nitrogen and oxygen atoms in total. The van der Waals surface area contributed by atoms with Crippen molar-refractivity contribution >= 4 is 11.7 Å². The molecule has 0 aromatic heterocycles. The summed E-state index contributed by atoms with van der Waals surface area (Å²) < 4.78 is 98.9. The molecule has 1 unspecified atom stereocenters. The van der Waals surface area contributed by atoms with Gasteiger partial charge in [-0.15, -0.1) is 13.2 Å². The van der Waals surface area contributed by atoms with E-state index in [0.29, 0.717) is 33.5 Å². The highest BCUT2D eigenvalue weighted by Gasteiger charge is 2.47. The van der Waals surface area contributed by atoms with Crippen molar-refractivity contribution in [2.45, 2.75) is 37.4 Å². The predicted octanol–water partition coefficient (Wildman–Crippen LogP) is 7.67. The largest absolute Gasteiger partial charge is 0.573 e. The van der Waals surface area contributed by atoms with Crippen LogP contribution in [0.5, 0.6) is 5.75 Å². The molecule has 0 spiro atoms. The predicted molar refractivity (Wildman–Crippen MR) is 152 cm³/mol. The van der Waals surface area contributed by atoms with Crippen molar-refractivity contribution in [1.29, 1.82) is 0 Å². The van der Waals surface area contributed by atoms with Gasteiger partial charge in [-0.3, -0.25) is 0 Å². The van der Waals surface area contributed by atoms with Crippen LogP contribution in [0.1, 0.15) is 32.6 Å². The Morgan fingerprint density at radius 2 is 1.67 bits per heavy atom. The SMILES string of the molecule is Cc1cc(C(=O)O)ccc1-c1cc(C2(Cc3cccc(OC(F)(F)F)c3)CN(C[C@@H](O)C(F)(F)F)c3ccccc32)ccc1F. The smallest absolute Gasteiger partial charge is 0.478 e. The molecule has 0 radical (unpaired) electrons. The number of fused-ring (bicyclic) bond motifs is 1. The number of para-hydroxylation sites is 1. The summed E-state index contributed by atoms with van der Waals surface area (Å²) >= 11 is 0. The zero-order valence-corrected chi connectivity index (χ0v) is 23.6. The Kier molecular flexibility index (Phi) is 8.30. The average molecular weight is 634 g/mol. The number of hydrogen-bond donors (Lipinski definition) is 2. The average Bonchev–Trinajstić information content (AvgIpc) is 3.26. The number of rotatable bonds is 8. The number of ether oxygens (including phenoxy) is 1. The van der Waals surface area contributed by atoms with Crippen LogP contribution in [0.2, 0.25) is 0 Å². The molecule has 0 fully saturated rings. The highest BCUT2D eigenvalue weighted by atomic mass is 19.4. The number of aliphatic hydroxyl groups excluding tert-OH is 1. The van der Waals surface area contributed by atoms with Crippen molar-refractivity contribution in [1.82, 2.24) is 0 Å². The first-order chi connectivity index (χ1) is 21.1. The maximum atomic E-state index is 15.4. The number of carboxylic acid groups (broad SMARTS) is 1. The van der Waals surface area contributed by atoms with E-state index in [-0.39, 0.29) is 24.1 Å². The van der Waals surface area contributed by atoms with Gasteiger partial charge < -0.3 is 19.8 Å². The number of alkyl halides is 6. The van der Waals surface area contributed by atoms with Gasteiger partial charge >= 0.3 is 18.5 Å². The highest BCUT2D eigenvalue weighted by molar-refractivity contribution is 5.89. The van der Waals surface area contributed by atoms with Gasteiger partial charge in [0.1, 0.15) is 11.6 Å². The first kappa shape index (κ1) is 31.8. The van der Waals surface area contributed by atoms with Crippen LogP contribution in [-0.2, 0) is 11.8 Å². The minimum absolute atomic E-state index is 0.00572. The van der Waals surface area contributed by atoms with Gasteiger partial charge in [-0.05, 0) is 83.6 Å². The Hall–Kier alpha value is -4.58. The minimum Gasteiger partial charge on any atom is -0.478 e. The maximum absolute atomic E-state index is 15.4. The molecule has 4 aromatic rings. The van der Waals surface area contributed by atoms with Crippen molar-refractivity contribution in [2.24, 2.45) is 0 Å². The second kappa shape index (κ2) is 11.7. The third-order valence-electron chi connectivity index (χ3n) is 7.91. The van der Waals surface area contributed by atoms with Gasteiger partial charge in [0.15, 0.2) is 6.10 Å². The molecule has 0 amide bonds. The van der Waals surface area contributed by atoms with E-state index < -0.39 is 48.1 Å². The number of hydrogen-bond acceptors (Lipinski definition) is 4. The molecule has 5 rings (SSSR count). The first-order valence-electron chi connectivity index (χ1n) is 13.7. The van der Waals surface area contributed by atoms with Crippen molar-refractivity contribution < 1.29 is 50.5 Å². The van der Waals surface area contributed by atoms with E-state index in [1.807, 2.05) is 0 Å². The zero-order valence-electron chi connectivity index (χ0n) is 23.6. The Morgan fingerprint density at radius 1 is 0.933 bits per heavy atom. The lowest BCUT2D eigenvalue weighted by molar-refractivity contribution is -0.274. The van der Waals surface area contributed by atoms with Crippen LogP contribution in [0.4, 0.5) is 36.4 Å². The third-order valence-corrected chi connectivity index (χ3v) is 7.91. The molecule has 4 aromatic carbocycles. The highest BCUT2D eigenvalue weighted by Crippen LogP contribution is 2.49. The molecule has 45 heavy (non-hydrogen) atoms. The number of benzene rings is 4. The lowest BCUT2D eigenvalue weighted by atomic mass is 9.71. The molecule has 0 saturated carbocycles. The topological polar surface area (TPSA) is 70.0 Å². The number of nitrogens with zero attached hydrogens (tertiary/aromatic N) is 1. The maximum Gasteiger partial charge on any atom is 0.573 e. The Balaban J connectivity index is 1.68. The Bertz CT molecular complexity index is 1740. The van der Waals surface area contributed by atoms with E-state index in [0.717, 1.165) is 6.07 Å². The van der Waals surface area contributed by atoms with Crippen LogP contribution in [0.15, 0.2) is 84.9 Å². The molecular formula is C33H26F7NO4. The minimum atomic E-state index is -4.96. The number of carbonyl (C=O) groups is 1. The van der Waals surface area contributed by atoms with Gasteiger partial charge in [-0.25, -0.2) is 9.18 Å². The summed E-state index contributed by atoms with van der Waals surface area (Å²) in [6.45, 7) is 0.663. The summed E-state index contributed by atoms with van der Waals surface area (Å²) in [6.07, 6.45) is -12.6. The quantitative estimate of drug-likeness (QED) is 0.195. The fraction of sp³-hybridized carbons (Fsp3) is 0.242. The molecular weight excluding hydrogens is 607 g/mol. The van der Waals surface area contributed by atoms with Crippen LogP contribution < -0.4 is 9.64 Å². The number of β-amino-alcohol motifs (C(OH)–C–C–N with tert-alkyl or cyclic N) is 1. The number of aliphatic hydroxyl groups is 1. The van der Waals surface area contributed by atoms with E-state index in [1.54, 1.807) is 37.3 Å². The number of halogens is 7. The normalized spacial score (nSPS) is 17.2. The number of carboxylic acids is 1. The lowest BCUT2D eigenvalue weighted by Crippen LogP contribution is -2.44. The fourth-order valence-corrected chi connectivity index (χ4v) is 5.95. The van der Waals surface area contributed by atoms with E-state index in [2.05, 4.69) is 4.74 Å². The molecule has 236 valence electrons. The molecule has 1 aliphatic heterocycles. The van der Waals surface area contributed by atoms with Crippen LogP contribution in [0.3, 0.4) is 0 Å². The number of aryl methyl sites for hydroxylation is 1. The molecule has 0 bridgehead atoms. The molecule has 0 saturated heterocycles. The van der Waals surface area contributed by atoms with Gasteiger partial charge in [0, 0.05) is 23.2 Å². The van der Waals surface area contributed by atoms with Gasteiger partial charge in [-0.1, -0.05) is 42.5 Å². The monoisotopic (exact) mass is 633 g/mol. The Labute approximate surface area is 253 Å². The van der Waals surface area contributed by atoms with Crippen molar-refractivity contribution in [2.75, 3.05) is 18.0 Å². The van der Waals surface area contributed by atoms with Gasteiger partial charge in [0.05, 0.1) is 12.1 Å². The summed E-state index contributed by atoms with van der Waals surface area (Å²) in [6, 6.07) is 20.1. The molecule has 2 atom stereocenters.